The normalized spacial score (nSPS) is 13.2. The van der Waals surface area contributed by atoms with Gasteiger partial charge in [-0.3, -0.25) is 0 Å². The van der Waals surface area contributed by atoms with Crippen molar-refractivity contribution in [1.29, 1.82) is 10.5 Å². The van der Waals surface area contributed by atoms with Gasteiger partial charge in [0, 0.05) is 5.92 Å². The van der Waals surface area contributed by atoms with Gasteiger partial charge in [-0.1, -0.05) is 67.6 Å². The molecule has 0 radical (unpaired) electrons. The van der Waals surface area contributed by atoms with E-state index in [0.29, 0.717) is 0 Å². The van der Waals surface area contributed by atoms with E-state index >= 15 is 0 Å². The SMILES string of the molecule is CC(c1ccccc1)C(c1ccccc1)C(C#N)C#N. The molecule has 2 unspecified atom stereocenters. The van der Waals surface area contributed by atoms with Crippen LogP contribution in [0.2, 0.25) is 0 Å². The van der Waals surface area contributed by atoms with Crippen molar-refractivity contribution in [2.45, 2.75) is 18.8 Å². The smallest absolute Gasteiger partial charge is 0.140 e. The summed E-state index contributed by atoms with van der Waals surface area (Å²) in [6.07, 6.45) is 0. The number of nitrogens with zero attached hydrogens (tertiary/aromatic N) is 2. The van der Waals surface area contributed by atoms with E-state index in [4.69, 9.17) is 0 Å². The predicted octanol–water partition coefficient (Wildman–Crippen LogP) is 4.24. The van der Waals surface area contributed by atoms with Crippen LogP contribution in [-0.2, 0) is 0 Å². The fourth-order valence-electron chi connectivity index (χ4n) is 2.60. The number of hydrogen-bond donors (Lipinski definition) is 0. The third-order valence-electron chi connectivity index (χ3n) is 3.69. The molecule has 2 aromatic rings. The van der Waals surface area contributed by atoms with Gasteiger partial charge in [-0.2, -0.15) is 10.5 Å². The Balaban J connectivity index is 2.43. The van der Waals surface area contributed by atoms with Crippen LogP contribution in [0.4, 0.5) is 0 Å². The Morgan fingerprint density at radius 3 is 1.65 bits per heavy atom. The molecule has 2 aromatic carbocycles. The largest absolute Gasteiger partial charge is 0.197 e. The van der Waals surface area contributed by atoms with Gasteiger partial charge in [-0.05, 0) is 17.0 Å². The molecule has 0 amide bonds. The van der Waals surface area contributed by atoms with Crippen molar-refractivity contribution < 1.29 is 0 Å². The summed E-state index contributed by atoms with van der Waals surface area (Å²) < 4.78 is 0. The van der Waals surface area contributed by atoms with Gasteiger partial charge in [-0.15, -0.1) is 0 Å². The van der Waals surface area contributed by atoms with E-state index in [9.17, 15) is 10.5 Å². The van der Waals surface area contributed by atoms with E-state index in [1.807, 2.05) is 60.7 Å². The summed E-state index contributed by atoms with van der Waals surface area (Å²) in [4.78, 5) is 0. The average Bonchev–Trinajstić information content (AvgIpc) is 2.53. The molecule has 0 aromatic heterocycles. The van der Waals surface area contributed by atoms with Crippen molar-refractivity contribution in [2.24, 2.45) is 5.92 Å². The Labute approximate surface area is 119 Å². The quantitative estimate of drug-likeness (QED) is 0.825. The van der Waals surface area contributed by atoms with Crippen molar-refractivity contribution in [3.05, 3.63) is 71.8 Å². The Hall–Kier alpha value is -2.58. The molecular formula is C18H16N2. The zero-order valence-electron chi connectivity index (χ0n) is 11.4. The molecule has 0 aliphatic carbocycles. The van der Waals surface area contributed by atoms with Crippen LogP contribution >= 0.6 is 0 Å². The second-order valence-electron chi connectivity index (χ2n) is 4.87. The summed E-state index contributed by atoms with van der Waals surface area (Å²) in [5.74, 6) is -0.649. The molecule has 20 heavy (non-hydrogen) atoms. The van der Waals surface area contributed by atoms with Gasteiger partial charge in [0.2, 0.25) is 0 Å². The van der Waals surface area contributed by atoms with Gasteiger partial charge in [0.15, 0.2) is 0 Å². The van der Waals surface area contributed by atoms with E-state index in [-0.39, 0.29) is 11.8 Å². The number of nitriles is 2. The first-order valence-corrected chi connectivity index (χ1v) is 6.67. The molecule has 0 fully saturated rings. The predicted molar refractivity (Wildman–Crippen MR) is 78.8 cm³/mol. The summed E-state index contributed by atoms with van der Waals surface area (Å²) in [5.41, 5.74) is 2.19. The van der Waals surface area contributed by atoms with Crippen molar-refractivity contribution in [1.82, 2.24) is 0 Å². The second kappa shape index (κ2) is 6.55. The molecule has 2 heteroatoms. The van der Waals surface area contributed by atoms with Crippen LogP contribution in [-0.4, -0.2) is 0 Å². The maximum Gasteiger partial charge on any atom is 0.140 e. The molecule has 0 aliphatic heterocycles. The van der Waals surface area contributed by atoms with Gasteiger partial charge in [0.25, 0.3) is 0 Å². The molecule has 0 aliphatic rings. The molecule has 2 rings (SSSR count). The third-order valence-corrected chi connectivity index (χ3v) is 3.69. The molecular weight excluding hydrogens is 244 g/mol. The van der Waals surface area contributed by atoms with E-state index in [1.54, 1.807) is 0 Å². The summed E-state index contributed by atoms with van der Waals surface area (Å²) in [7, 11) is 0. The van der Waals surface area contributed by atoms with Crippen LogP contribution in [0.1, 0.15) is 29.9 Å². The lowest BCUT2D eigenvalue weighted by Gasteiger charge is -2.25. The maximum absolute atomic E-state index is 9.28. The highest BCUT2D eigenvalue weighted by Gasteiger charge is 2.29. The van der Waals surface area contributed by atoms with Crippen LogP contribution in [0.25, 0.3) is 0 Å². The first-order valence-electron chi connectivity index (χ1n) is 6.67. The van der Waals surface area contributed by atoms with Crippen LogP contribution in [0.3, 0.4) is 0 Å². The summed E-state index contributed by atoms with van der Waals surface area (Å²) in [6.45, 7) is 2.08. The lowest BCUT2D eigenvalue weighted by atomic mass is 9.76. The van der Waals surface area contributed by atoms with E-state index in [1.165, 1.54) is 0 Å². The zero-order valence-corrected chi connectivity index (χ0v) is 11.4. The lowest BCUT2D eigenvalue weighted by Crippen LogP contribution is -2.16. The van der Waals surface area contributed by atoms with Gasteiger partial charge < -0.3 is 0 Å². The molecule has 2 nitrogen and oxygen atoms in total. The minimum absolute atomic E-state index is 0.114. The maximum atomic E-state index is 9.28. The summed E-state index contributed by atoms with van der Waals surface area (Å²) in [6, 6.07) is 24.2. The van der Waals surface area contributed by atoms with Crippen molar-refractivity contribution in [3.8, 4) is 12.1 Å². The van der Waals surface area contributed by atoms with Crippen LogP contribution < -0.4 is 0 Å². The lowest BCUT2D eigenvalue weighted by molar-refractivity contribution is 0.521. The molecule has 0 saturated heterocycles. The fraction of sp³-hybridized carbons (Fsp3) is 0.222. The average molecular weight is 260 g/mol. The van der Waals surface area contributed by atoms with Crippen LogP contribution in [0.15, 0.2) is 60.7 Å². The number of hydrogen-bond acceptors (Lipinski definition) is 2. The van der Waals surface area contributed by atoms with Gasteiger partial charge >= 0.3 is 0 Å². The second-order valence-corrected chi connectivity index (χ2v) is 4.87. The van der Waals surface area contributed by atoms with Gasteiger partial charge in [0.05, 0.1) is 12.1 Å². The highest BCUT2D eigenvalue weighted by molar-refractivity contribution is 5.32. The monoisotopic (exact) mass is 260 g/mol. The van der Waals surface area contributed by atoms with Gasteiger partial charge in [-0.25, -0.2) is 0 Å². The number of rotatable bonds is 4. The van der Waals surface area contributed by atoms with Crippen molar-refractivity contribution in [2.75, 3.05) is 0 Å². The molecule has 2 atom stereocenters. The first kappa shape index (κ1) is 13.8. The minimum Gasteiger partial charge on any atom is -0.197 e. The molecule has 0 heterocycles. The first-order chi connectivity index (χ1) is 9.77. The van der Waals surface area contributed by atoms with Crippen LogP contribution in [0, 0.1) is 28.6 Å². The van der Waals surface area contributed by atoms with E-state index < -0.39 is 5.92 Å². The Morgan fingerprint density at radius 2 is 1.20 bits per heavy atom. The molecule has 0 bridgehead atoms. The highest BCUT2D eigenvalue weighted by atomic mass is 14.4. The van der Waals surface area contributed by atoms with E-state index in [0.717, 1.165) is 11.1 Å². The Kier molecular flexibility index (Phi) is 4.53. The number of benzene rings is 2. The molecule has 0 saturated carbocycles. The topological polar surface area (TPSA) is 47.6 Å². The zero-order chi connectivity index (χ0) is 14.4. The third kappa shape index (κ3) is 2.87. The highest BCUT2D eigenvalue weighted by Crippen LogP contribution is 2.37. The minimum atomic E-state index is -0.646. The van der Waals surface area contributed by atoms with Crippen molar-refractivity contribution in [3.63, 3.8) is 0 Å². The van der Waals surface area contributed by atoms with Crippen LogP contribution in [0.5, 0.6) is 0 Å². The Morgan fingerprint density at radius 1 is 0.750 bits per heavy atom. The summed E-state index contributed by atoms with van der Waals surface area (Å²) >= 11 is 0. The molecule has 0 N–H and O–H groups in total. The van der Waals surface area contributed by atoms with Crippen molar-refractivity contribution >= 4 is 0 Å². The summed E-state index contributed by atoms with van der Waals surface area (Å²) in [5, 5.41) is 18.6. The Bertz CT molecular complexity index is 606. The standard InChI is InChI=1S/C18H16N2/c1-14(15-8-4-2-5-9-15)18(17(12-19)13-20)16-10-6-3-7-11-16/h2-11,14,17-18H,1H3. The molecule has 0 spiro atoms. The molecule has 98 valence electrons. The van der Waals surface area contributed by atoms with Gasteiger partial charge in [0.1, 0.15) is 5.92 Å². The fourth-order valence-corrected chi connectivity index (χ4v) is 2.60. The van der Waals surface area contributed by atoms with E-state index in [2.05, 4.69) is 19.1 Å².